The van der Waals surface area contributed by atoms with Gasteiger partial charge in [0.05, 0.1) is 17.8 Å². The quantitative estimate of drug-likeness (QED) is 0.753. The molecule has 0 radical (unpaired) electrons. The predicted octanol–water partition coefficient (Wildman–Crippen LogP) is 3.52. The molecule has 1 aromatic carbocycles. The standard InChI is InChI=1S/C22H24F3N5O2/c23-22(24,25)19-7-6-16(11-27-19)28-18-5-1-3-14-12-29(10-8-17(14)18)20(31)15-4-2-9-30(13-15)21(26)32/h1,3,5-7,11,15,28H,2,4,8-10,12-13H2,(H2,26,32). The van der Waals surface area contributed by atoms with Gasteiger partial charge < -0.3 is 20.9 Å². The number of amides is 3. The molecule has 0 spiro atoms. The van der Waals surface area contributed by atoms with Gasteiger partial charge in [0, 0.05) is 31.9 Å². The van der Waals surface area contributed by atoms with Crippen molar-refractivity contribution in [2.75, 3.05) is 25.0 Å². The minimum absolute atomic E-state index is 0.0203. The van der Waals surface area contributed by atoms with Crippen molar-refractivity contribution >= 4 is 23.3 Å². The Morgan fingerprint density at radius 2 is 1.94 bits per heavy atom. The minimum atomic E-state index is -4.48. The van der Waals surface area contributed by atoms with Crippen molar-refractivity contribution in [2.45, 2.75) is 32.0 Å². The molecule has 10 heteroatoms. The molecule has 1 unspecified atom stereocenters. The van der Waals surface area contributed by atoms with E-state index in [-0.39, 0.29) is 11.8 Å². The number of fused-ring (bicyclic) bond motifs is 1. The zero-order valence-corrected chi connectivity index (χ0v) is 17.4. The molecule has 3 amide bonds. The zero-order valence-electron chi connectivity index (χ0n) is 17.4. The van der Waals surface area contributed by atoms with Gasteiger partial charge >= 0.3 is 12.2 Å². The summed E-state index contributed by atoms with van der Waals surface area (Å²) in [6.45, 7) is 1.90. The van der Waals surface area contributed by atoms with Gasteiger partial charge in [0.1, 0.15) is 5.69 Å². The molecule has 2 aliphatic rings. The molecule has 1 fully saturated rings. The summed E-state index contributed by atoms with van der Waals surface area (Å²) < 4.78 is 38.2. The highest BCUT2D eigenvalue weighted by Gasteiger charge is 2.33. The van der Waals surface area contributed by atoms with Crippen molar-refractivity contribution in [1.29, 1.82) is 0 Å². The molecule has 170 valence electrons. The fraction of sp³-hybridized carbons (Fsp3) is 0.409. The average molecular weight is 447 g/mol. The molecule has 7 nitrogen and oxygen atoms in total. The maximum absolute atomic E-state index is 13.1. The summed E-state index contributed by atoms with van der Waals surface area (Å²) in [5.41, 5.74) is 7.69. The van der Waals surface area contributed by atoms with Crippen molar-refractivity contribution in [3.8, 4) is 0 Å². The third-order valence-electron chi connectivity index (χ3n) is 5.99. The number of primary amides is 1. The summed E-state index contributed by atoms with van der Waals surface area (Å²) in [6.07, 6.45) is -1.22. The molecule has 3 N–H and O–H groups in total. The maximum atomic E-state index is 13.1. The molecule has 1 atom stereocenters. The number of nitrogens with two attached hydrogens (primary N) is 1. The number of carbonyl (C=O) groups is 2. The van der Waals surface area contributed by atoms with Crippen LogP contribution >= 0.6 is 0 Å². The first-order valence-electron chi connectivity index (χ1n) is 10.5. The molecule has 4 rings (SSSR count). The van der Waals surface area contributed by atoms with Crippen molar-refractivity contribution in [1.82, 2.24) is 14.8 Å². The summed E-state index contributed by atoms with van der Waals surface area (Å²) in [7, 11) is 0. The second-order valence-electron chi connectivity index (χ2n) is 8.13. The highest BCUT2D eigenvalue weighted by Crippen LogP contribution is 2.32. The number of nitrogens with zero attached hydrogens (tertiary/aromatic N) is 3. The molecule has 2 aromatic rings. The van der Waals surface area contributed by atoms with E-state index in [0.29, 0.717) is 38.3 Å². The Balaban J connectivity index is 1.45. The number of piperidine rings is 1. The van der Waals surface area contributed by atoms with Gasteiger partial charge in [-0.15, -0.1) is 0 Å². The topological polar surface area (TPSA) is 91.6 Å². The van der Waals surface area contributed by atoms with Crippen LogP contribution in [0.25, 0.3) is 0 Å². The van der Waals surface area contributed by atoms with E-state index in [4.69, 9.17) is 5.73 Å². The van der Waals surface area contributed by atoms with E-state index in [2.05, 4.69) is 10.3 Å². The molecular formula is C22H24F3N5O2. The van der Waals surface area contributed by atoms with Gasteiger partial charge in [-0.3, -0.25) is 4.79 Å². The Labute approximate surface area is 183 Å². The fourth-order valence-electron chi connectivity index (χ4n) is 4.34. The van der Waals surface area contributed by atoms with Gasteiger partial charge in [-0.1, -0.05) is 12.1 Å². The van der Waals surface area contributed by atoms with E-state index in [1.165, 1.54) is 11.0 Å². The van der Waals surface area contributed by atoms with Crippen LogP contribution in [0.1, 0.15) is 29.7 Å². The van der Waals surface area contributed by atoms with Gasteiger partial charge in [-0.05, 0) is 48.6 Å². The molecule has 0 aliphatic carbocycles. The fourth-order valence-corrected chi connectivity index (χ4v) is 4.34. The first-order valence-corrected chi connectivity index (χ1v) is 10.5. The maximum Gasteiger partial charge on any atom is 0.433 e. The van der Waals surface area contributed by atoms with E-state index < -0.39 is 17.9 Å². The number of aromatic nitrogens is 1. The Bertz CT molecular complexity index is 1010. The van der Waals surface area contributed by atoms with E-state index in [1.54, 1.807) is 4.90 Å². The summed E-state index contributed by atoms with van der Waals surface area (Å²) in [6, 6.07) is 7.45. The van der Waals surface area contributed by atoms with Gasteiger partial charge in [0.25, 0.3) is 0 Å². The van der Waals surface area contributed by atoms with E-state index >= 15 is 0 Å². The SMILES string of the molecule is NC(=O)N1CCCC(C(=O)N2CCc3c(cccc3Nc3ccc(C(F)(F)F)nc3)C2)C1. The lowest BCUT2D eigenvalue weighted by molar-refractivity contribution is -0.141. The normalized spacial score (nSPS) is 18.8. The molecule has 3 heterocycles. The average Bonchev–Trinajstić information content (AvgIpc) is 2.78. The number of anilines is 2. The van der Waals surface area contributed by atoms with Crippen LogP contribution in [0.2, 0.25) is 0 Å². The Hall–Kier alpha value is -3.30. The number of hydrogen-bond acceptors (Lipinski definition) is 4. The van der Waals surface area contributed by atoms with Crippen LogP contribution in [-0.2, 0) is 23.9 Å². The number of halogens is 3. The van der Waals surface area contributed by atoms with Gasteiger partial charge in [-0.2, -0.15) is 13.2 Å². The first-order chi connectivity index (χ1) is 15.2. The van der Waals surface area contributed by atoms with Crippen LogP contribution in [0.15, 0.2) is 36.5 Å². The van der Waals surface area contributed by atoms with Crippen molar-refractivity contribution in [2.24, 2.45) is 11.7 Å². The lowest BCUT2D eigenvalue weighted by Gasteiger charge is -2.36. The predicted molar refractivity (Wildman–Crippen MR) is 112 cm³/mol. The summed E-state index contributed by atoms with van der Waals surface area (Å²) in [4.78, 5) is 31.3. The highest BCUT2D eigenvalue weighted by atomic mass is 19.4. The molecule has 2 aliphatic heterocycles. The molecule has 1 saturated heterocycles. The van der Waals surface area contributed by atoms with E-state index in [9.17, 15) is 22.8 Å². The van der Waals surface area contributed by atoms with Crippen LogP contribution in [0.3, 0.4) is 0 Å². The number of alkyl halides is 3. The molecular weight excluding hydrogens is 423 g/mol. The Morgan fingerprint density at radius 1 is 1.12 bits per heavy atom. The second-order valence-corrected chi connectivity index (χ2v) is 8.13. The number of hydrogen-bond donors (Lipinski definition) is 2. The van der Waals surface area contributed by atoms with Crippen LogP contribution in [0.5, 0.6) is 0 Å². The highest BCUT2D eigenvalue weighted by molar-refractivity contribution is 5.81. The van der Waals surface area contributed by atoms with E-state index in [0.717, 1.165) is 41.9 Å². The summed E-state index contributed by atoms with van der Waals surface area (Å²) in [5, 5.41) is 3.15. The number of rotatable bonds is 3. The smallest absolute Gasteiger partial charge is 0.354 e. The van der Waals surface area contributed by atoms with Crippen molar-refractivity contribution in [3.05, 3.63) is 53.3 Å². The lowest BCUT2D eigenvalue weighted by Crippen LogP contribution is -2.49. The second kappa shape index (κ2) is 8.68. The monoisotopic (exact) mass is 447 g/mol. The van der Waals surface area contributed by atoms with Crippen LogP contribution in [-0.4, -0.2) is 46.4 Å². The number of carbonyl (C=O) groups excluding carboxylic acids is 2. The molecule has 1 aromatic heterocycles. The van der Waals surface area contributed by atoms with Gasteiger partial charge in [0.2, 0.25) is 5.91 Å². The number of urea groups is 1. The van der Waals surface area contributed by atoms with Crippen LogP contribution < -0.4 is 11.1 Å². The minimum Gasteiger partial charge on any atom is -0.354 e. The number of likely N-dealkylation sites (tertiary alicyclic amines) is 1. The summed E-state index contributed by atoms with van der Waals surface area (Å²) in [5.74, 6) is -0.232. The van der Waals surface area contributed by atoms with E-state index in [1.807, 2.05) is 18.2 Å². The van der Waals surface area contributed by atoms with Crippen molar-refractivity contribution < 1.29 is 22.8 Å². The molecule has 0 bridgehead atoms. The largest absolute Gasteiger partial charge is 0.433 e. The van der Waals surface area contributed by atoms with Crippen LogP contribution in [0.4, 0.5) is 29.3 Å². The first kappa shape index (κ1) is 21.9. The third-order valence-corrected chi connectivity index (χ3v) is 5.99. The molecule has 0 saturated carbocycles. The van der Waals surface area contributed by atoms with Crippen LogP contribution in [0, 0.1) is 5.92 Å². The Kier molecular flexibility index (Phi) is 5.94. The van der Waals surface area contributed by atoms with Gasteiger partial charge in [-0.25, -0.2) is 9.78 Å². The summed E-state index contributed by atoms with van der Waals surface area (Å²) >= 11 is 0. The zero-order chi connectivity index (χ0) is 22.9. The Morgan fingerprint density at radius 3 is 2.62 bits per heavy atom. The third kappa shape index (κ3) is 4.63. The molecule has 32 heavy (non-hydrogen) atoms. The lowest BCUT2D eigenvalue weighted by atomic mass is 9.93. The van der Waals surface area contributed by atoms with Crippen molar-refractivity contribution in [3.63, 3.8) is 0 Å². The van der Waals surface area contributed by atoms with Gasteiger partial charge in [0.15, 0.2) is 0 Å². The number of nitrogens with one attached hydrogen (secondary N) is 1. The number of benzene rings is 1. The number of pyridine rings is 1.